The molecule has 0 unspecified atom stereocenters. The van der Waals surface area contributed by atoms with Gasteiger partial charge in [-0.1, -0.05) is 11.6 Å². The lowest BCUT2D eigenvalue weighted by Gasteiger charge is -2.28. The summed E-state index contributed by atoms with van der Waals surface area (Å²) in [7, 11) is 1.66. The van der Waals surface area contributed by atoms with Gasteiger partial charge < -0.3 is 9.47 Å². The Morgan fingerprint density at radius 2 is 2.16 bits per heavy atom. The van der Waals surface area contributed by atoms with Gasteiger partial charge in [0.05, 0.1) is 21.6 Å². The molecule has 0 N–H and O–H groups in total. The summed E-state index contributed by atoms with van der Waals surface area (Å²) in [5.74, 6) is -0.0758. The summed E-state index contributed by atoms with van der Waals surface area (Å²) in [5.41, 5.74) is 2.53. The zero-order chi connectivity index (χ0) is 17.7. The summed E-state index contributed by atoms with van der Waals surface area (Å²) >= 11 is 7.30. The predicted octanol–water partition coefficient (Wildman–Crippen LogP) is 2.55. The van der Waals surface area contributed by atoms with Crippen LogP contribution in [0.5, 0.6) is 0 Å². The molecule has 0 radical (unpaired) electrons. The second kappa shape index (κ2) is 5.93. The van der Waals surface area contributed by atoms with Crippen molar-refractivity contribution in [3.8, 4) is 0 Å². The number of carbonyl (C=O) groups is 1. The van der Waals surface area contributed by atoms with E-state index in [0.29, 0.717) is 45.2 Å². The summed E-state index contributed by atoms with van der Waals surface area (Å²) in [6, 6.07) is 1.86. The summed E-state index contributed by atoms with van der Waals surface area (Å²) in [4.78, 5) is 36.9. The molecule has 8 heteroatoms. The van der Waals surface area contributed by atoms with Crippen molar-refractivity contribution in [1.29, 1.82) is 0 Å². The zero-order valence-corrected chi connectivity index (χ0v) is 15.3. The standard InChI is InChI=1S/C17H15ClN4O2S/c1-9-13-15(20-8-21(2)16(13)23)25-14(9)17(24)22-4-3-12-10(7-22)5-11(18)6-19-12/h5-6,8H,3-4,7H2,1-2H3. The molecule has 0 spiro atoms. The molecule has 6 nitrogen and oxygen atoms in total. The van der Waals surface area contributed by atoms with Crippen molar-refractivity contribution in [3.63, 3.8) is 0 Å². The Bertz CT molecular complexity index is 1070. The molecule has 0 atom stereocenters. The minimum Gasteiger partial charge on any atom is -0.333 e. The van der Waals surface area contributed by atoms with Gasteiger partial charge in [0.2, 0.25) is 0 Å². The van der Waals surface area contributed by atoms with Crippen LogP contribution in [0.2, 0.25) is 5.02 Å². The number of nitrogens with zero attached hydrogens (tertiary/aromatic N) is 4. The number of pyridine rings is 1. The van der Waals surface area contributed by atoms with Gasteiger partial charge in [-0.25, -0.2) is 4.98 Å². The summed E-state index contributed by atoms with van der Waals surface area (Å²) < 4.78 is 1.43. The average molecular weight is 375 g/mol. The third kappa shape index (κ3) is 2.63. The molecular weight excluding hydrogens is 360 g/mol. The Balaban J connectivity index is 1.73. The van der Waals surface area contributed by atoms with Gasteiger partial charge in [-0.2, -0.15) is 0 Å². The van der Waals surface area contributed by atoms with Crippen LogP contribution in [0.3, 0.4) is 0 Å². The molecule has 3 aromatic heterocycles. The molecular formula is C17H15ClN4O2S. The van der Waals surface area contributed by atoms with Gasteiger partial charge in [-0.15, -0.1) is 11.3 Å². The molecule has 4 rings (SSSR count). The van der Waals surface area contributed by atoms with Crippen LogP contribution < -0.4 is 5.56 Å². The fourth-order valence-electron chi connectivity index (χ4n) is 3.13. The number of carbonyl (C=O) groups excluding carboxylic acids is 1. The van der Waals surface area contributed by atoms with E-state index < -0.39 is 0 Å². The Hall–Kier alpha value is -2.25. The van der Waals surface area contributed by atoms with Crippen LogP contribution in [0, 0.1) is 6.92 Å². The number of fused-ring (bicyclic) bond motifs is 2. The molecule has 4 heterocycles. The minimum atomic E-state index is -0.127. The first kappa shape index (κ1) is 16.2. The Morgan fingerprint density at radius 3 is 2.96 bits per heavy atom. The molecule has 1 amide bonds. The van der Waals surface area contributed by atoms with Gasteiger partial charge in [-0.3, -0.25) is 14.6 Å². The Labute approximate surface area is 152 Å². The lowest BCUT2D eigenvalue weighted by molar-refractivity contribution is 0.0738. The molecule has 128 valence electrons. The highest BCUT2D eigenvalue weighted by Crippen LogP contribution is 2.29. The smallest absolute Gasteiger partial charge is 0.264 e. The number of halogens is 1. The number of rotatable bonds is 1. The molecule has 0 saturated heterocycles. The SMILES string of the molecule is Cc1c(C(=O)N2CCc3ncc(Cl)cc3C2)sc2ncn(C)c(=O)c12. The van der Waals surface area contributed by atoms with Crippen LogP contribution in [-0.2, 0) is 20.0 Å². The fraction of sp³-hybridized carbons (Fsp3) is 0.294. The maximum atomic E-state index is 13.0. The average Bonchev–Trinajstić information content (AvgIpc) is 2.94. The van der Waals surface area contributed by atoms with E-state index in [1.807, 2.05) is 13.0 Å². The number of thiophene rings is 1. The highest BCUT2D eigenvalue weighted by molar-refractivity contribution is 7.20. The van der Waals surface area contributed by atoms with Crippen LogP contribution in [0.1, 0.15) is 26.5 Å². The van der Waals surface area contributed by atoms with Crippen molar-refractivity contribution >= 4 is 39.1 Å². The molecule has 0 fully saturated rings. The van der Waals surface area contributed by atoms with Crippen LogP contribution >= 0.6 is 22.9 Å². The quantitative estimate of drug-likeness (QED) is 0.656. The van der Waals surface area contributed by atoms with Crippen LogP contribution in [0.25, 0.3) is 10.2 Å². The molecule has 0 aliphatic carbocycles. The van der Waals surface area contributed by atoms with Gasteiger partial charge in [0.25, 0.3) is 11.5 Å². The van der Waals surface area contributed by atoms with Crippen LogP contribution in [0.15, 0.2) is 23.4 Å². The number of aryl methyl sites for hydroxylation is 2. The first-order valence-electron chi connectivity index (χ1n) is 7.83. The molecule has 25 heavy (non-hydrogen) atoms. The highest BCUT2D eigenvalue weighted by Gasteiger charge is 2.27. The van der Waals surface area contributed by atoms with Crippen molar-refractivity contribution in [3.05, 3.63) is 55.7 Å². The summed E-state index contributed by atoms with van der Waals surface area (Å²) in [5, 5.41) is 1.10. The number of aromatic nitrogens is 3. The summed E-state index contributed by atoms with van der Waals surface area (Å²) in [6.45, 7) is 2.88. The number of hydrogen-bond acceptors (Lipinski definition) is 5. The Kier molecular flexibility index (Phi) is 3.85. The van der Waals surface area contributed by atoms with E-state index >= 15 is 0 Å². The maximum Gasteiger partial charge on any atom is 0.264 e. The van der Waals surface area contributed by atoms with Gasteiger partial charge in [0.15, 0.2) is 0 Å². The van der Waals surface area contributed by atoms with Gasteiger partial charge in [0, 0.05) is 38.4 Å². The largest absolute Gasteiger partial charge is 0.333 e. The van der Waals surface area contributed by atoms with E-state index in [4.69, 9.17) is 11.6 Å². The fourth-order valence-corrected chi connectivity index (χ4v) is 4.41. The molecule has 0 saturated carbocycles. The third-order valence-electron chi connectivity index (χ3n) is 4.50. The van der Waals surface area contributed by atoms with Gasteiger partial charge in [-0.05, 0) is 24.1 Å². The molecule has 0 bridgehead atoms. The van der Waals surface area contributed by atoms with Gasteiger partial charge >= 0.3 is 0 Å². The monoisotopic (exact) mass is 374 g/mol. The number of amides is 1. The molecule has 0 aromatic carbocycles. The Morgan fingerprint density at radius 1 is 1.36 bits per heavy atom. The lowest BCUT2D eigenvalue weighted by atomic mass is 10.1. The van der Waals surface area contributed by atoms with Crippen molar-refractivity contribution in [2.45, 2.75) is 19.9 Å². The first-order valence-corrected chi connectivity index (χ1v) is 9.02. The highest BCUT2D eigenvalue weighted by atomic mass is 35.5. The number of hydrogen-bond donors (Lipinski definition) is 0. The van der Waals surface area contributed by atoms with E-state index in [-0.39, 0.29) is 11.5 Å². The van der Waals surface area contributed by atoms with Crippen molar-refractivity contribution in [2.24, 2.45) is 7.05 Å². The van der Waals surface area contributed by atoms with E-state index in [1.165, 1.54) is 22.2 Å². The van der Waals surface area contributed by atoms with Crippen LogP contribution in [-0.4, -0.2) is 31.9 Å². The molecule has 1 aliphatic heterocycles. The van der Waals surface area contributed by atoms with Crippen molar-refractivity contribution in [1.82, 2.24) is 19.4 Å². The van der Waals surface area contributed by atoms with Crippen molar-refractivity contribution < 1.29 is 4.79 Å². The van der Waals surface area contributed by atoms with Crippen LogP contribution in [0.4, 0.5) is 0 Å². The van der Waals surface area contributed by atoms with E-state index in [0.717, 1.165) is 11.3 Å². The minimum absolute atomic E-state index is 0.0758. The second-order valence-electron chi connectivity index (χ2n) is 6.13. The molecule has 1 aliphatic rings. The first-order chi connectivity index (χ1) is 12.0. The van der Waals surface area contributed by atoms with E-state index in [9.17, 15) is 9.59 Å². The molecule has 3 aromatic rings. The third-order valence-corrected chi connectivity index (χ3v) is 5.89. The van der Waals surface area contributed by atoms with Crippen molar-refractivity contribution in [2.75, 3.05) is 6.54 Å². The predicted molar refractivity (Wildman–Crippen MR) is 97.3 cm³/mol. The lowest BCUT2D eigenvalue weighted by Crippen LogP contribution is -2.36. The second-order valence-corrected chi connectivity index (χ2v) is 7.57. The van der Waals surface area contributed by atoms with E-state index in [2.05, 4.69) is 9.97 Å². The van der Waals surface area contributed by atoms with Gasteiger partial charge in [0.1, 0.15) is 4.83 Å². The topological polar surface area (TPSA) is 68.1 Å². The maximum absolute atomic E-state index is 13.0. The zero-order valence-electron chi connectivity index (χ0n) is 13.7. The van der Waals surface area contributed by atoms with E-state index in [1.54, 1.807) is 18.1 Å². The summed E-state index contributed by atoms with van der Waals surface area (Å²) in [6.07, 6.45) is 3.82. The normalized spacial score (nSPS) is 14.0.